The highest BCUT2D eigenvalue weighted by Gasteiger charge is 2.06. The molecule has 0 aliphatic carbocycles. The molecule has 22 heavy (non-hydrogen) atoms. The first-order chi connectivity index (χ1) is 10.7. The number of aromatic nitrogens is 1. The minimum atomic E-state index is -0.186. The SMILES string of the molecule is Fc1ccccc1CNCc1ncc(-c2cccc(Cl)c2)s1. The van der Waals surface area contributed by atoms with Crippen LogP contribution in [0.5, 0.6) is 0 Å². The highest BCUT2D eigenvalue weighted by molar-refractivity contribution is 7.15. The monoisotopic (exact) mass is 332 g/mol. The van der Waals surface area contributed by atoms with Crippen LogP contribution in [-0.2, 0) is 13.1 Å². The van der Waals surface area contributed by atoms with Gasteiger partial charge in [0.05, 0.1) is 4.88 Å². The van der Waals surface area contributed by atoms with Crippen LogP contribution in [0.1, 0.15) is 10.6 Å². The van der Waals surface area contributed by atoms with E-state index in [1.54, 1.807) is 23.5 Å². The Hall–Kier alpha value is -1.75. The minimum absolute atomic E-state index is 0.186. The summed E-state index contributed by atoms with van der Waals surface area (Å²) in [7, 11) is 0. The number of halogens is 2. The number of hydrogen-bond acceptors (Lipinski definition) is 3. The maximum absolute atomic E-state index is 13.5. The Morgan fingerprint density at radius 2 is 1.95 bits per heavy atom. The quantitative estimate of drug-likeness (QED) is 0.719. The smallest absolute Gasteiger partial charge is 0.127 e. The number of hydrogen-bond donors (Lipinski definition) is 1. The largest absolute Gasteiger partial charge is 0.306 e. The van der Waals surface area contributed by atoms with Crippen LogP contribution in [-0.4, -0.2) is 4.98 Å². The second kappa shape index (κ2) is 7.01. The van der Waals surface area contributed by atoms with Gasteiger partial charge in [0.15, 0.2) is 0 Å². The minimum Gasteiger partial charge on any atom is -0.306 e. The summed E-state index contributed by atoms with van der Waals surface area (Å²) in [5, 5.41) is 4.89. The van der Waals surface area contributed by atoms with E-state index in [1.807, 2.05) is 36.5 Å². The normalized spacial score (nSPS) is 10.8. The van der Waals surface area contributed by atoms with Gasteiger partial charge in [-0.1, -0.05) is 41.9 Å². The van der Waals surface area contributed by atoms with Crippen LogP contribution < -0.4 is 5.32 Å². The molecule has 1 heterocycles. The fourth-order valence-electron chi connectivity index (χ4n) is 2.11. The van der Waals surface area contributed by atoms with Crippen molar-refractivity contribution >= 4 is 22.9 Å². The van der Waals surface area contributed by atoms with Crippen molar-refractivity contribution in [1.29, 1.82) is 0 Å². The summed E-state index contributed by atoms with van der Waals surface area (Å²) in [6.07, 6.45) is 1.84. The third-order valence-electron chi connectivity index (χ3n) is 3.21. The Balaban J connectivity index is 1.62. The van der Waals surface area contributed by atoms with Crippen molar-refractivity contribution in [2.24, 2.45) is 0 Å². The molecule has 0 unspecified atom stereocenters. The number of rotatable bonds is 5. The molecule has 0 saturated heterocycles. The van der Waals surface area contributed by atoms with E-state index in [9.17, 15) is 4.39 Å². The van der Waals surface area contributed by atoms with Crippen molar-refractivity contribution in [3.8, 4) is 10.4 Å². The van der Waals surface area contributed by atoms with Gasteiger partial charge in [-0.3, -0.25) is 0 Å². The van der Waals surface area contributed by atoms with E-state index in [2.05, 4.69) is 10.3 Å². The zero-order valence-corrected chi connectivity index (χ0v) is 13.3. The summed E-state index contributed by atoms with van der Waals surface area (Å²) in [6.45, 7) is 1.10. The summed E-state index contributed by atoms with van der Waals surface area (Å²) < 4.78 is 13.5. The van der Waals surface area contributed by atoms with Crippen LogP contribution in [0.4, 0.5) is 4.39 Å². The maximum Gasteiger partial charge on any atom is 0.127 e. The second-order valence-electron chi connectivity index (χ2n) is 4.82. The number of nitrogens with one attached hydrogen (secondary N) is 1. The van der Waals surface area contributed by atoms with Crippen molar-refractivity contribution < 1.29 is 4.39 Å². The number of benzene rings is 2. The molecule has 0 aliphatic rings. The summed E-state index contributed by atoms with van der Waals surface area (Å²) in [4.78, 5) is 5.47. The lowest BCUT2D eigenvalue weighted by Gasteiger charge is -2.03. The summed E-state index contributed by atoms with van der Waals surface area (Å²) >= 11 is 7.61. The lowest BCUT2D eigenvalue weighted by molar-refractivity contribution is 0.587. The molecule has 0 fully saturated rings. The van der Waals surface area contributed by atoms with E-state index < -0.39 is 0 Å². The molecule has 5 heteroatoms. The summed E-state index contributed by atoms with van der Waals surface area (Å²) in [5.41, 5.74) is 1.72. The molecule has 0 atom stereocenters. The van der Waals surface area contributed by atoms with E-state index in [1.165, 1.54) is 6.07 Å². The molecule has 0 aliphatic heterocycles. The van der Waals surface area contributed by atoms with E-state index in [0.717, 1.165) is 15.4 Å². The van der Waals surface area contributed by atoms with E-state index in [0.29, 0.717) is 23.7 Å². The molecule has 0 amide bonds. The molecular formula is C17H14ClFN2S. The van der Waals surface area contributed by atoms with Gasteiger partial charge in [0.2, 0.25) is 0 Å². The third kappa shape index (κ3) is 3.71. The molecule has 3 rings (SSSR count). The van der Waals surface area contributed by atoms with Crippen molar-refractivity contribution in [2.45, 2.75) is 13.1 Å². The van der Waals surface area contributed by atoms with E-state index >= 15 is 0 Å². The second-order valence-corrected chi connectivity index (χ2v) is 6.38. The maximum atomic E-state index is 13.5. The van der Waals surface area contributed by atoms with Crippen molar-refractivity contribution in [3.05, 3.63) is 76.1 Å². The Morgan fingerprint density at radius 1 is 1.09 bits per heavy atom. The Morgan fingerprint density at radius 3 is 2.77 bits per heavy atom. The zero-order valence-electron chi connectivity index (χ0n) is 11.7. The van der Waals surface area contributed by atoms with Crippen molar-refractivity contribution in [2.75, 3.05) is 0 Å². The van der Waals surface area contributed by atoms with E-state index in [4.69, 9.17) is 11.6 Å². The van der Waals surface area contributed by atoms with Crippen LogP contribution in [0.25, 0.3) is 10.4 Å². The van der Waals surface area contributed by atoms with Gasteiger partial charge in [-0.05, 0) is 23.8 Å². The highest BCUT2D eigenvalue weighted by atomic mass is 35.5. The first kappa shape index (κ1) is 15.2. The number of thiazole rings is 1. The molecule has 2 nitrogen and oxygen atoms in total. The molecule has 0 radical (unpaired) electrons. The molecule has 0 bridgehead atoms. The molecule has 112 valence electrons. The molecule has 1 aromatic heterocycles. The lowest BCUT2D eigenvalue weighted by atomic mass is 10.2. The van der Waals surface area contributed by atoms with Gasteiger partial charge in [-0.25, -0.2) is 9.37 Å². The summed E-state index contributed by atoms with van der Waals surface area (Å²) in [6, 6.07) is 14.5. The Bertz CT molecular complexity index is 773. The first-order valence-corrected chi connectivity index (χ1v) is 8.06. The van der Waals surface area contributed by atoms with Gasteiger partial charge in [-0.15, -0.1) is 11.3 Å². The van der Waals surface area contributed by atoms with Gasteiger partial charge < -0.3 is 5.32 Å². The fraction of sp³-hybridized carbons (Fsp3) is 0.118. The molecule has 3 aromatic rings. The molecule has 0 spiro atoms. The predicted molar refractivity (Wildman–Crippen MR) is 89.5 cm³/mol. The Kier molecular flexibility index (Phi) is 4.83. The average Bonchev–Trinajstić information content (AvgIpc) is 2.98. The predicted octanol–water partition coefficient (Wildman–Crippen LogP) is 4.89. The van der Waals surface area contributed by atoms with Crippen molar-refractivity contribution in [3.63, 3.8) is 0 Å². The lowest BCUT2D eigenvalue weighted by Crippen LogP contribution is -2.13. The Labute approximate surface area is 137 Å². The van der Waals surface area contributed by atoms with Gasteiger partial charge in [0.1, 0.15) is 10.8 Å². The van der Waals surface area contributed by atoms with Crippen LogP contribution in [0.3, 0.4) is 0 Å². The van der Waals surface area contributed by atoms with Gasteiger partial charge in [0, 0.05) is 29.9 Å². The standard InChI is InChI=1S/C17H14ClFN2S/c18-14-6-3-5-12(8-14)16-10-21-17(22-16)11-20-9-13-4-1-2-7-15(13)19/h1-8,10,20H,9,11H2. The van der Waals surface area contributed by atoms with Crippen LogP contribution >= 0.6 is 22.9 Å². The van der Waals surface area contributed by atoms with Gasteiger partial charge in [-0.2, -0.15) is 0 Å². The average molecular weight is 333 g/mol. The zero-order chi connectivity index (χ0) is 15.4. The van der Waals surface area contributed by atoms with Crippen molar-refractivity contribution in [1.82, 2.24) is 10.3 Å². The third-order valence-corrected chi connectivity index (χ3v) is 4.49. The molecule has 2 aromatic carbocycles. The van der Waals surface area contributed by atoms with E-state index in [-0.39, 0.29) is 5.82 Å². The molecule has 1 N–H and O–H groups in total. The molecular weight excluding hydrogens is 319 g/mol. The molecule has 0 saturated carbocycles. The summed E-state index contributed by atoms with van der Waals surface area (Å²) in [5.74, 6) is -0.186. The first-order valence-electron chi connectivity index (χ1n) is 6.87. The number of nitrogens with zero attached hydrogens (tertiary/aromatic N) is 1. The highest BCUT2D eigenvalue weighted by Crippen LogP contribution is 2.28. The van der Waals surface area contributed by atoms with Crippen LogP contribution in [0.15, 0.2) is 54.7 Å². The van der Waals surface area contributed by atoms with Crippen LogP contribution in [0, 0.1) is 5.82 Å². The van der Waals surface area contributed by atoms with Gasteiger partial charge >= 0.3 is 0 Å². The van der Waals surface area contributed by atoms with Gasteiger partial charge in [0.25, 0.3) is 0 Å². The fourth-order valence-corrected chi connectivity index (χ4v) is 3.19. The van der Waals surface area contributed by atoms with Crippen LogP contribution in [0.2, 0.25) is 5.02 Å². The topological polar surface area (TPSA) is 24.9 Å².